The van der Waals surface area contributed by atoms with Gasteiger partial charge in [0.25, 0.3) is 0 Å². The minimum absolute atomic E-state index is 0.585. The Bertz CT molecular complexity index is 672. The summed E-state index contributed by atoms with van der Waals surface area (Å²) in [5.41, 5.74) is 2.23. The molecule has 0 aliphatic heterocycles. The van der Waals surface area contributed by atoms with Crippen molar-refractivity contribution in [3.8, 4) is 5.69 Å². The summed E-state index contributed by atoms with van der Waals surface area (Å²) in [6, 6.07) is 10.1. The van der Waals surface area contributed by atoms with Crippen molar-refractivity contribution >= 4 is 0 Å². The molecule has 2 aromatic heterocycles. The Morgan fingerprint density at radius 3 is 2.80 bits per heavy atom. The van der Waals surface area contributed by atoms with E-state index in [1.54, 1.807) is 13.2 Å². The zero-order valence-corrected chi connectivity index (χ0v) is 11.1. The molecule has 0 radical (unpaired) electrons. The SMILES string of the molecule is Cn1nnc(CNCc2ccccc2-n2cccn2)n1. The van der Waals surface area contributed by atoms with E-state index in [-0.39, 0.29) is 0 Å². The van der Waals surface area contributed by atoms with E-state index in [9.17, 15) is 0 Å². The topological polar surface area (TPSA) is 73.5 Å². The second-order valence-electron chi connectivity index (χ2n) is 4.38. The van der Waals surface area contributed by atoms with Crippen LogP contribution in [0.5, 0.6) is 0 Å². The minimum Gasteiger partial charge on any atom is -0.306 e. The Morgan fingerprint density at radius 1 is 1.15 bits per heavy atom. The molecule has 0 aliphatic rings. The molecular weight excluding hydrogens is 254 g/mol. The number of tetrazole rings is 1. The van der Waals surface area contributed by atoms with Gasteiger partial charge in [-0.15, -0.1) is 10.2 Å². The number of nitrogens with zero attached hydrogens (tertiary/aromatic N) is 6. The van der Waals surface area contributed by atoms with Gasteiger partial charge in [-0.1, -0.05) is 18.2 Å². The summed E-state index contributed by atoms with van der Waals surface area (Å²) in [6.07, 6.45) is 3.71. The van der Waals surface area contributed by atoms with Crippen LogP contribution in [0.3, 0.4) is 0 Å². The largest absolute Gasteiger partial charge is 0.306 e. The molecule has 0 fully saturated rings. The van der Waals surface area contributed by atoms with Crippen molar-refractivity contribution < 1.29 is 0 Å². The number of aromatic nitrogens is 6. The Morgan fingerprint density at radius 2 is 2.05 bits per heavy atom. The molecule has 0 saturated heterocycles. The molecular formula is C13H15N7. The molecule has 0 spiro atoms. The summed E-state index contributed by atoms with van der Waals surface area (Å²) in [5.74, 6) is 0.684. The number of hydrogen-bond acceptors (Lipinski definition) is 5. The molecule has 0 unspecified atom stereocenters. The first-order chi connectivity index (χ1) is 9.83. The van der Waals surface area contributed by atoms with Crippen LogP contribution in [0.4, 0.5) is 0 Å². The van der Waals surface area contributed by atoms with Crippen molar-refractivity contribution in [2.75, 3.05) is 0 Å². The maximum absolute atomic E-state index is 4.27. The van der Waals surface area contributed by atoms with Crippen molar-refractivity contribution in [2.45, 2.75) is 13.1 Å². The summed E-state index contributed by atoms with van der Waals surface area (Å²) in [5, 5.41) is 19.5. The summed E-state index contributed by atoms with van der Waals surface area (Å²) < 4.78 is 1.86. The highest BCUT2D eigenvalue weighted by Gasteiger charge is 2.05. The molecule has 102 valence electrons. The summed E-state index contributed by atoms with van der Waals surface area (Å²) in [7, 11) is 1.75. The average molecular weight is 269 g/mol. The lowest BCUT2D eigenvalue weighted by Crippen LogP contribution is -2.15. The van der Waals surface area contributed by atoms with Gasteiger partial charge in [0.2, 0.25) is 0 Å². The van der Waals surface area contributed by atoms with E-state index in [1.165, 1.54) is 10.4 Å². The van der Waals surface area contributed by atoms with Crippen LogP contribution in [0.15, 0.2) is 42.7 Å². The van der Waals surface area contributed by atoms with E-state index in [0.717, 1.165) is 5.69 Å². The van der Waals surface area contributed by atoms with Gasteiger partial charge in [-0.25, -0.2) is 4.68 Å². The van der Waals surface area contributed by atoms with Crippen LogP contribution < -0.4 is 5.32 Å². The number of rotatable bonds is 5. The first kappa shape index (κ1) is 12.5. The zero-order valence-electron chi connectivity index (χ0n) is 11.1. The van der Waals surface area contributed by atoms with Gasteiger partial charge in [0, 0.05) is 18.9 Å². The highest BCUT2D eigenvalue weighted by atomic mass is 15.6. The maximum Gasteiger partial charge on any atom is 0.188 e. The molecule has 7 nitrogen and oxygen atoms in total. The van der Waals surface area contributed by atoms with Crippen LogP contribution in [0, 0.1) is 0 Å². The molecule has 0 saturated carbocycles. The normalized spacial score (nSPS) is 10.8. The molecule has 1 aromatic carbocycles. The lowest BCUT2D eigenvalue weighted by atomic mass is 10.2. The molecule has 0 amide bonds. The fourth-order valence-electron chi connectivity index (χ4n) is 2.00. The van der Waals surface area contributed by atoms with Crippen molar-refractivity contribution in [3.05, 3.63) is 54.1 Å². The third-order valence-electron chi connectivity index (χ3n) is 2.89. The molecule has 20 heavy (non-hydrogen) atoms. The van der Waals surface area contributed by atoms with Crippen LogP contribution >= 0.6 is 0 Å². The number of hydrogen-bond donors (Lipinski definition) is 1. The Kier molecular flexibility index (Phi) is 3.51. The van der Waals surface area contributed by atoms with E-state index in [1.807, 2.05) is 35.1 Å². The summed E-state index contributed by atoms with van der Waals surface area (Å²) in [4.78, 5) is 1.45. The molecule has 3 rings (SSSR count). The monoisotopic (exact) mass is 269 g/mol. The number of aryl methyl sites for hydroxylation is 1. The van der Waals surface area contributed by atoms with Crippen molar-refractivity contribution in [2.24, 2.45) is 7.05 Å². The molecule has 0 bridgehead atoms. The fourth-order valence-corrected chi connectivity index (χ4v) is 2.00. The van der Waals surface area contributed by atoms with Gasteiger partial charge in [0.1, 0.15) is 0 Å². The van der Waals surface area contributed by atoms with E-state index in [0.29, 0.717) is 18.9 Å². The highest BCUT2D eigenvalue weighted by molar-refractivity contribution is 5.40. The molecule has 2 heterocycles. The predicted molar refractivity (Wildman–Crippen MR) is 72.9 cm³/mol. The van der Waals surface area contributed by atoms with Crippen LogP contribution in [0.2, 0.25) is 0 Å². The third-order valence-corrected chi connectivity index (χ3v) is 2.89. The van der Waals surface area contributed by atoms with E-state index < -0.39 is 0 Å². The van der Waals surface area contributed by atoms with Crippen molar-refractivity contribution in [3.63, 3.8) is 0 Å². The average Bonchev–Trinajstić information content (AvgIpc) is 3.11. The highest BCUT2D eigenvalue weighted by Crippen LogP contribution is 2.13. The molecule has 0 atom stereocenters. The quantitative estimate of drug-likeness (QED) is 0.737. The first-order valence-corrected chi connectivity index (χ1v) is 6.34. The van der Waals surface area contributed by atoms with Gasteiger partial charge in [-0.3, -0.25) is 0 Å². The van der Waals surface area contributed by atoms with Crippen molar-refractivity contribution in [1.82, 2.24) is 35.3 Å². The molecule has 3 aromatic rings. The van der Waals surface area contributed by atoms with Gasteiger partial charge in [-0.05, 0) is 22.9 Å². The maximum atomic E-state index is 4.27. The fraction of sp³-hybridized carbons (Fsp3) is 0.231. The zero-order chi connectivity index (χ0) is 13.8. The Hall–Kier alpha value is -2.54. The summed E-state index contributed by atoms with van der Waals surface area (Å²) in [6.45, 7) is 1.30. The standard InChI is InChI=1S/C13H15N7/c1-19-17-13(16-18-19)10-14-9-11-5-2-3-6-12(11)20-8-4-7-15-20/h2-8,14H,9-10H2,1H3. The van der Waals surface area contributed by atoms with Gasteiger partial charge < -0.3 is 5.32 Å². The van der Waals surface area contributed by atoms with E-state index in [2.05, 4.69) is 31.9 Å². The third kappa shape index (κ3) is 2.72. The van der Waals surface area contributed by atoms with E-state index >= 15 is 0 Å². The van der Waals surface area contributed by atoms with Gasteiger partial charge in [-0.2, -0.15) is 9.90 Å². The number of para-hydroxylation sites is 1. The Balaban J connectivity index is 1.68. The molecule has 1 N–H and O–H groups in total. The van der Waals surface area contributed by atoms with Crippen LogP contribution in [-0.2, 0) is 20.1 Å². The second-order valence-corrected chi connectivity index (χ2v) is 4.38. The van der Waals surface area contributed by atoms with Crippen LogP contribution in [0.25, 0.3) is 5.69 Å². The van der Waals surface area contributed by atoms with Crippen LogP contribution in [-0.4, -0.2) is 30.0 Å². The minimum atomic E-state index is 0.585. The predicted octanol–water partition coefficient (Wildman–Crippen LogP) is 0.686. The lowest BCUT2D eigenvalue weighted by Gasteiger charge is -2.09. The van der Waals surface area contributed by atoms with Gasteiger partial charge in [0.15, 0.2) is 5.82 Å². The summed E-state index contributed by atoms with van der Waals surface area (Å²) >= 11 is 0. The van der Waals surface area contributed by atoms with Gasteiger partial charge in [0.05, 0.1) is 19.3 Å². The van der Waals surface area contributed by atoms with E-state index in [4.69, 9.17) is 0 Å². The van der Waals surface area contributed by atoms with Crippen LogP contribution in [0.1, 0.15) is 11.4 Å². The second kappa shape index (κ2) is 5.62. The molecule has 7 heteroatoms. The Labute approximate surface area is 116 Å². The number of nitrogens with one attached hydrogen (secondary N) is 1. The number of benzene rings is 1. The van der Waals surface area contributed by atoms with Gasteiger partial charge >= 0.3 is 0 Å². The lowest BCUT2D eigenvalue weighted by molar-refractivity contribution is 0.618. The van der Waals surface area contributed by atoms with Crippen molar-refractivity contribution in [1.29, 1.82) is 0 Å². The molecule has 0 aliphatic carbocycles. The smallest absolute Gasteiger partial charge is 0.188 e. The first-order valence-electron chi connectivity index (χ1n) is 6.34.